The Morgan fingerprint density at radius 1 is 1.00 bits per heavy atom. The Bertz CT molecular complexity index is 1190. The molecule has 2 unspecified atom stereocenters. The molecule has 2 aromatic rings. The summed E-state index contributed by atoms with van der Waals surface area (Å²) < 4.78 is 5.45. The minimum Gasteiger partial charge on any atom is -0.444 e. The van der Waals surface area contributed by atoms with Crippen LogP contribution in [0.1, 0.15) is 89.1 Å². The SMILES string of the molecule is C#Cc1ccc(C(C(=O)Nc2c(C)cccc2C)N(CCCCC)C(=O)C(NC(=O)OC(C)(C)C)C(C)C)cc1. The Morgan fingerprint density at radius 3 is 2.10 bits per heavy atom. The number of ether oxygens (including phenoxy) is 1. The van der Waals surface area contributed by atoms with Gasteiger partial charge in [0.2, 0.25) is 5.91 Å². The smallest absolute Gasteiger partial charge is 0.408 e. The summed E-state index contributed by atoms with van der Waals surface area (Å²) in [6.07, 6.45) is 7.44. The van der Waals surface area contributed by atoms with Gasteiger partial charge in [-0.15, -0.1) is 6.42 Å². The lowest BCUT2D eigenvalue weighted by molar-refractivity contribution is -0.141. The lowest BCUT2D eigenvalue weighted by Crippen LogP contribution is -2.54. The first-order valence-corrected chi connectivity index (χ1v) is 14.0. The number of nitrogens with one attached hydrogen (secondary N) is 2. The van der Waals surface area contributed by atoms with E-state index in [0.717, 1.165) is 24.0 Å². The molecule has 2 rings (SSSR count). The van der Waals surface area contributed by atoms with E-state index in [1.807, 2.05) is 45.9 Å². The van der Waals surface area contributed by atoms with Crippen molar-refractivity contribution >= 4 is 23.6 Å². The summed E-state index contributed by atoms with van der Waals surface area (Å²) in [4.78, 5) is 42.7. The fourth-order valence-electron chi connectivity index (χ4n) is 4.46. The molecular weight excluding hydrogens is 502 g/mol. The van der Waals surface area contributed by atoms with Crippen LogP contribution in [0.5, 0.6) is 0 Å². The van der Waals surface area contributed by atoms with Crippen LogP contribution in [0.15, 0.2) is 42.5 Å². The normalized spacial score (nSPS) is 12.7. The number of unbranched alkanes of at least 4 members (excludes halogenated alkanes) is 2. The molecule has 0 saturated heterocycles. The van der Waals surface area contributed by atoms with Crippen molar-refractivity contribution in [2.45, 2.75) is 92.3 Å². The van der Waals surface area contributed by atoms with Crippen molar-refractivity contribution in [3.8, 4) is 12.3 Å². The molecule has 0 aromatic heterocycles. The van der Waals surface area contributed by atoms with E-state index in [-0.39, 0.29) is 17.7 Å². The molecule has 2 atom stereocenters. The van der Waals surface area contributed by atoms with Crippen LogP contribution in [0.3, 0.4) is 0 Å². The van der Waals surface area contributed by atoms with Crippen LogP contribution in [-0.4, -0.2) is 41.0 Å². The Labute approximate surface area is 240 Å². The predicted octanol–water partition coefficient (Wildman–Crippen LogP) is 6.53. The molecule has 3 amide bonds. The number of anilines is 1. The highest BCUT2D eigenvalue weighted by Crippen LogP contribution is 2.28. The number of hydrogen-bond donors (Lipinski definition) is 2. The highest BCUT2D eigenvalue weighted by atomic mass is 16.6. The third kappa shape index (κ3) is 9.15. The summed E-state index contributed by atoms with van der Waals surface area (Å²) in [6.45, 7) is 15.3. The van der Waals surface area contributed by atoms with Crippen LogP contribution in [-0.2, 0) is 14.3 Å². The molecule has 0 bridgehead atoms. The maximum absolute atomic E-state index is 14.3. The number of hydrogen-bond acceptors (Lipinski definition) is 4. The van der Waals surface area contributed by atoms with Gasteiger partial charge in [0.1, 0.15) is 17.7 Å². The Morgan fingerprint density at radius 2 is 1.60 bits per heavy atom. The van der Waals surface area contributed by atoms with E-state index in [2.05, 4.69) is 23.5 Å². The minimum absolute atomic E-state index is 0.250. The molecule has 0 aliphatic carbocycles. The van der Waals surface area contributed by atoms with Crippen LogP contribution in [0.25, 0.3) is 0 Å². The van der Waals surface area contributed by atoms with Gasteiger partial charge in [0.25, 0.3) is 5.91 Å². The Hall–Kier alpha value is -3.79. The van der Waals surface area contributed by atoms with Gasteiger partial charge in [-0.1, -0.05) is 69.9 Å². The third-order valence-electron chi connectivity index (χ3n) is 6.57. The van der Waals surface area contributed by atoms with Crippen molar-refractivity contribution in [2.75, 3.05) is 11.9 Å². The highest BCUT2D eigenvalue weighted by Gasteiger charge is 2.37. The third-order valence-corrected chi connectivity index (χ3v) is 6.57. The summed E-state index contributed by atoms with van der Waals surface area (Å²) in [5, 5.41) is 5.85. The fourth-order valence-corrected chi connectivity index (χ4v) is 4.46. The topological polar surface area (TPSA) is 87.7 Å². The van der Waals surface area contributed by atoms with Gasteiger partial charge in [0.05, 0.1) is 0 Å². The number of alkyl carbamates (subject to hydrolysis) is 1. The fraction of sp³-hybridized carbons (Fsp3) is 0.485. The average Bonchev–Trinajstić information content (AvgIpc) is 2.87. The number of carbonyl (C=O) groups is 3. The molecule has 0 fully saturated rings. The van der Waals surface area contributed by atoms with E-state index >= 15 is 0 Å². The second-order valence-electron chi connectivity index (χ2n) is 11.5. The number of benzene rings is 2. The van der Waals surface area contributed by atoms with Crippen LogP contribution in [0, 0.1) is 32.1 Å². The van der Waals surface area contributed by atoms with E-state index in [1.165, 1.54) is 0 Å². The van der Waals surface area contributed by atoms with Crippen molar-refractivity contribution in [3.63, 3.8) is 0 Å². The molecule has 0 radical (unpaired) electrons. The molecule has 2 N–H and O–H groups in total. The number of nitrogens with zero attached hydrogens (tertiary/aromatic N) is 1. The maximum atomic E-state index is 14.3. The molecule has 0 aliphatic heterocycles. The quantitative estimate of drug-likeness (QED) is 0.247. The summed E-state index contributed by atoms with van der Waals surface area (Å²) in [7, 11) is 0. The average molecular weight is 548 g/mol. The maximum Gasteiger partial charge on any atom is 0.408 e. The van der Waals surface area contributed by atoms with Crippen LogP contribution in [0.4, 0.5) is 10.5 Å². The molecule has 0 heterocycles. The zero-order chi connectivity index (χ0) is 30.0. The standard InChI is InChI=1S/C33H45N3O4/c1-10-12-13-21-36(31(38)27(22(3)4)35-32(39)40-33(7,8)9)29(26-19-17-25(11-2)18-20-26)30(37)34-28-23(5)15-14-16-24(28)6/h2,14-20,22,27,29H,10,12-13,21H2,1,3-9H3,(H,34,37)(H,35,39). The van der Waals surface area contributed by atoms with Gasteiger partial charge in [-0.25, -0.2) is 4.79 Å². The van der Waals surface area contributed by atoms with Crippen molar-refractivity contribution in [2.24, 2.45) is 5.92 Å². The molecule has 2 aromatic carbocycles. The number of aryl methyl sites for hydroxylation is 2. The van der Waals surface area contributed by atoms with E-state index in [0.29, 0.717) is 29.8 Å². The highest BCUT2D eigenvalue weighted by molar-refractivity contribution is 6.00. The van der Waals surface area contributed by atoms with Gasteiger partial charge in [-0.05, 0) is 75.8 Å². The predicted molar refractivity (Wildman–Crippen MR) is 161 cm³/mol. The van der Waals surface area contributed by atoms with Gasteiger partial charge < -0.3 is 20.3 Å². The summed E-state index contributed by atoms with van der Waals surface area (Å²) in [5.41, 5.74) is 3.14. The number of amides is 3. The van der Waals surface area contributed by atoms with Gasteiger partial charge in [0, 0.05) is 17.8 Å². The van der Waals surface area contributed by atoms with Crippen LogP contribution in [0.2, 0.25) is 0 Å². The van der Waals surface area contributed by atoms with Gasteiger partial charge in [-0.2, -0.15) is 0 Å². The summed E-state index contributed by atoms with van der Waals surface area (Å²) >= 11 is 0. The van der Waals surface area contributed by atoms with Crippen molar-refractivity contribution in [3.05, 3.63) is 64.7 Å². The summed E-state index contributed by atoms with van der Waals surface area (Å²) in [5.74, 6) is 1.67. The molecule has 0 aliphatic rings. The van der Waals surface area contributed by atoms with Crippen molar-refractivity contribution < 1.29 is 19.1 Å². The zero-order valence-corrected chi connectivity index (χ0v) is 25.3. The number of rotatable bonds is 11. The Kier molecular flexibility index (Phi) is 11.8. The largest absolute Gasteiger partial charge is 0.444 e. The molecule has 40 heavy (non-hydrogen) atoms. The van der Waals surface area contributed by atoms with Gasteiger partial charge in [0.15, 0.2) is 0 Å². The van der Waals surface area contributed by atoms with Crippen LogP contribution < -0.4 is 10.6 Å². The molecule has 0 spiro atoms. The lowest BCUT2D eigenvalue weighted by Gasteiger charge is -2.36. The minimum atomic E-state index is -0.947. The van der Waals surface area contributed by atoms with Gasteiger partial charge >= 0.3 is 6.09 Å². The van der Waals surface area contributed by atoms with Gasteiger partial charge in [-0.3, -0.25) is 9.59 Å². The summed E-state index contributed by atoms with van der Waals surface area (Å²) in [6, 6.07) is 11.1. The molecule has 216 valence electrons. The van der Waals surface area contributed by atoms with E-state index in [9.17, 15) is 14.4 Å². The number of terminal acetylenes is 1. The second kappa shape index (κ2) is 14.6. The monoisotopic (exact) mass is 547 g/mol. The zero-order valence-electron chi connectivity index (χ0n) is 25.3. The van der Waals surface area contributed by atoms with E-state index in [4.69, 9.17) is 11.2 Å². The van der Waals surface area contributed by atoms with Crippen LogP contribution >= 0.6 is 0 Å². The molecular formula is C33H45N3O4. The number of carbonyl (C=O) groups excluding carboxylic acids is 3. The Balaban J connectivity index is 2.59. The van der Waals surface area contributed by atoms with E-state index in [1.54, 1.807) is 49.9 Å². The number of para-hydroxylation sites is 1. The van der Waals surface area contributed by atoms with Crippen molar-refractivity contribution in [1.82, 2.24) is 10.2 Å². The molecule has 7 heteroatoms. The lowest BCUT2D eigenvalue weighted by atomic mass is 9.97. The second-order valence-corrected chi connectivity index (χ2v) is 11.5. The first-order valence-electron chi connectivity index (χ1n) is 14.0. The van der Waals surface area contributed by atoms with E-state index < -0.39 is 23.8 Å². The molecule has 7 nitrogen and oxygen atoms in total. The van der Waals surface area contributed by atoms with Crippen molar-refractivity contribution in [1.29, 1.82) is 0 Å². The first kappa shape index (κ1) is 32.4. The molecule has 0 saturated carbocycles. The first-order chi connectivity index (χ1) is 18.8.